The number of likely N-dealkylation sites (tertiary alicyclic amines) is 1. The van der Waals surface area contributed by atoms with Crippen LogP contribution in [0.2, 0.25) is 0 Å². The third-order valence-electron chi connectivity index (χ3n) is 7.38. The molecule has 0 spiro atoms. The molecule has 0 aliphatic carbocycles. The molecule has 11 heteroatoms. The number of amides is 5. The van der Waals surface area contributed by atoms with Crippen LogP contribution in [0.3, 0.4) is 0 Å². The topological polar surface area (TPSA) is 146 Å². The van der Waals surface area contributed by atoms with Crippen LogP contribution >= 0.6 is 0 Å². The molecule has 1 saturated heterocycles. The maximum atomic E-state index is 13.4. The molecule has 0 unspecified atom stereocenters. The first-order valence-electron chi connectivity index (χ1n) is 14.9. The Balaban J connectivity index is 1.50. The molecule has 0 aromatic heterocycles. The van der Waals surface area contributed by atoms with Crippen molar-refractivity contribution >= 4 is 29.5 Å². The van der Waals surface area contributed by atoms with Gasteiger partial charge in [-0.1, -0.05) is 50.2 Å². The Bertz CT molecular complexity index is 1330. The number of carbonyl (C=O) groups excluding carboxylic acids is 5. The molecule has 5 amide bonds. The highest BCUT2D eigenvalue weighted by Crippen LogP contribution is 2.19. The summed E-state index contributed by atoms with van der Waals surface area (Å²) < 4.78 is 5.83. The minimum absolute atomic E-state index is 0.133. The number of carbonyl (C=O) groups is 5. The van der Waals surface area contributed by atoms with Crippen molar-refractivity contribution in [3.8, 4) is 5.75 Å². The molecule has 2 aliphatic rings. The van der Waals surface area contributed by atoms with Crippen molar-refractivity contribution in [3.05, 3.63) is 65.2 Å². The van der Waals surface area contributed by atoms with Gasteiger partial charge in [0, 0.05) is 32.6 Å². The highest BCUT2D eigenvalue weighted by atomic mass is 16.5. The summed E-state index contributed by atoms with van der Waals surface area (Å²) in [6.45, 7) is 5.91. The van der Waals surface area contributed by atoms with E-state index in [0.717, 1.165) is 24.1 Å². The highest BCUT2D eigenvalue weighted by molar-refractivity contribution is 6.01. The summed E-state index contributed by atoms with van der Waals surface area (Å²) in [4.78, 5) is 66.7. The van der Waals surface area contributed by atoms with Gasteiger partial charge in [-0.25, -0.2) is 0 Å². The third kappa shape index (κ3) is 9.29. The van der Waals surface area contributed by atoms with Crippen molar-refractivity contribution < 1.29 is 28.7 Å². The molecule has 230 valence electrons. The maximum absolute atomic E-state index is 13.4. The van der Waals surface area contributed by atoms with Crippen LogP contribution in [0.25, 0.3) is 0 Å². The highest BCUT2D eigenvalue weighted by Gasteiger charge is 2.29. The van der Waals surface area contributed by atoms with Crippen molar-refractivity contribution in [1.29, 1.82) is 0 Å². The summed E-state index contributed by atoms with van der Waals surface area (Å²) in [6.07, 6.45) is 1.98. The lowest BCUT2D eigenvalue weighted by molar-refractivity contribution is -0.131. The molecule has 2 aromatic carbocycles. The van der Waals surface area contributed by atoms with E-state index in [0.29, 0.717) is 38.1 Å². The van der Waals surface area contributed by atoms with E-state index in [9.17, 15) is 24.0 Å². The van der Waals surface area contributed by atoms with Gasteiger partial charge in [0.15, 0.2) is 0 Å². The smallest absolute Gasteiger partial charge is 0.255 e. The van der Waals surface area contributed by atoms with Crippen LogP contribution in [0, 0.1) is 5.92 Å². The minimum atomic E-state index is -1.21. The molecule has 4 N–H and O–H groups in total. The van der Waals surface area contributed by atoms with Crippen molar-refractivity contribution in [3.63, 3.8) is 0 Å². The third-order valence-corrected chi connectivity index (χ3v) is 7.38. The first kappa shape index (κ1) is 31.5. The van der Waals surface area contributed by atoms with Gasteiger partial charge in [-0.3, -0.25) is 24.0 Å². The number of nitrogens with one attached hydrogen (secondary N) is 4. The van der Waals surface area contributed by atoms with E-state index in [1.54, 1.807) is 24.3 Å². The van der Waals surface area contributed by atoms with Crippen LogP contribution in [0.5, 0.6) is 5.75 Å². The van der Waals surface area contributed by atoms with E-state index < -0.39 is 29.8 Å². The van der Waals surface area contributed by atoms with E-state index in [-0.39, 0.29) is 42.9 Å². The fourth-order valence-corrected chi connectivity index (χ4v) is 5.20. The Morgan fingerprint density at radius 3 is 2.58 bits per heavy atom. The second-order valence-electron chi connectivity index (χ2n) is 11.4. The molecular formula is C32H41N5O6. The van der Waals surface area contributed by atoms with Crippen LogP contribution in [0.1, 0.15) is 67.4 Å². The first-order valence-corrected chi connectivity index (χ1v) is 14.9. The fourth-order valence-electron chi connectivity index (χ4n) is 5.20. The molecule has 2 atom stereocenters. The monoisotopic (exact) mass is 591 g/mol. The van der Waals surface area contributed by atoms with Gasteiger partial charge in [0.2, 0.25) is 23.6 Å². The van der Waals surface area contributed by atoms with Gasteiger partial charge < -0.3 is 30.9 Å². The Hall–Kier alpha value is -4.41. The molecule has 2 heterocycles. The number of nitrogens with zero attached hydrogens (tertiary/aromatic N) is 1. The molecule has 0 bridgehead atoms. The molecule has 11 nitrogen and oxygen atoms in total. The zero-order chi connectivity index (χ0) is 30.8. The van der Waals surface area contributed by atoms with Gasteiger partial charge in [-0.05, 0) is 48.4 Å². The van der Waals surface area contributed by atoms with Gasteiger partial charge in [0.1, 0.15) is 17.8 Å². The molecule has 43 heavy (non-hydrogen) atoms. The van der Waals surface area contributed by atoms with Crippen LogP contribution in [0.4, 0.5) is 0 Å². The Kier molecular flexibility index (Phi) is 11.1. The quantitative estimate of drug-likeness (QED) is 0.388. The van der Waals surface area contributed by atoms with Gasteiger partial charge in [0.05, 0.1) is 18.6 Å². The van der Waals surface area contributed by atoms with Gasteiger partial charge in [-0.15, -0.1) is 0 Å². The second-order valence-corrected chi connectivity index (χ2v) is 11.4. The molecule has 2 aromatic rings. The van der Waals surface area contributed by atoms with Gasteiger partial charge in [0.25, 0.3) is 5.91 Å². The summed E-state index contributed by atoms with van der Waals surface area (Å²) >= 11 is 0. The van der Waals surface area contributed by atoms with Gasteiger partial charge in [-0.2, -0.15) is 0 Å². The Morgan fingerprint density at radius 1 is 1.02 bits per heavy atom. The fraction of sp³-hybridized carbons (Fsp3) is 0.469. The van der Waals surface area contributed by atoms with Crippen LogP contribution in [-0.2, 0) is 32.3 Å². The Morgan fingerprint density at radius 2 is 1.81 bits per heavy atom. The normalized spacial score (nSPS) is 20.2. The summed E-state index contributed by atoms with van der Waals surface area (Å²) in [7, 11) is 0. The average molecular weight is 592 g/mol. The van der Waals surface area contributed by atoms with Crippen molar-refractivity contribution in [2.75, 3.05) is 19.7 Å². The summed E-state index contributed by atoms with van der Waals surface area (Å²) in [5.41, 5.74) is 2.01. The maximum Gasteiger partial charge on any atom is 0.255 e. The molecule has 2 aliphatic heterocycles. The largest absolute Gasteiger partial charge is 0.493 e. The summed E-state index contributed by atoms with van der Waals surface area (Å²) in [5.74, 6) is -1.32. The second kappa shape index (κ2) is 15.2. The van der Waals surface area contributed by atoms with E-state index in [1.165, 1.54) is 0 Å². The number of hydrogen-bond acceptors (Lipinski definition) is 6. The van der Waals surface area contributed by atoms with E-state index in [2.05, 4.69) is 21.3 Å². The van der Waals surface area contributed by atoms with Crippen LogP contribution < -0.4 is 26.0 Å². The zero-order valence-electron chi connectivity index (χ0n) is 24.8. The molecule has 0 saturated carbocycles. The summed E-state index contributed by atoms with van der Waals surface area (Å²) in [6, 6.07) is 12.3. The minimum Gasteiger partial charge on any atom is -0.493 e. The Labute approximate surface area is 252 Å². The molecule has 1 fully saturated rings. The standard InChI is InChI=1S/C32H41N5O6/c1-21(2)16-25-31(41)33-13-7-15-43-27-11-4-3-10-24(27)30(40)36-26(18-28(38)35-25)32(42)34-19-22-8-5-9-23(17-22)20-37-14-6-12-29(37)39/h3-5,8-11,17,21,25-26H,6-7,12-16,18-20H2,1-2H3,(H,33,41)(H,34,42)(H,35,38)(H,36,40)/t25-,26-/m0/s1. The summed E-state index contributed by atoms with van der Waals surface area (Å²) in [5, 5.41) is 11.1. The molecule has 4 rings (SSSR count). The van der Waals surface area contributed by atoms with Crippen molar-refractivity contribution in [1.82, 2.24) is 26.2 Å². The van der Waals surface area contributed by atoms with Crippen molar-refractivity contribution in [2.45, 2.75) is 71.1 Å². The lowest BCUT2D eigenvalue weighted by atomic mass is 10.0. The first-order chi connectivity index (χ1) is 20.7. The zero-order valence-corrected chi connectivity index (χ0v) is 24.8. The molecular weight excluding hydrogens is 550 g/mol. The predicted octanol–water partition coefficient (Wildman–Crippen LogP) is 2.04. The van der Waals surface area contributed by atoms with E-state index >= 15 is 0 Å². The number of fused-ring (bicyclic) bond motifs is 1. The van der Waals surface area contributed by atoms with Crippen molar-refractivity contribution in [2.24, 2.45) is 5.92 Å². The number of ether oxygens (including phenoxy) is 1. The van der Waals surface area contributed by atoms with Gasteiger partial charge >= 0.3 is 0 Å². The lowest BCUT2D eigenvalue weighted by Gasteiger charge is -2.22. The van der Waals surface area contributed by atoms with Crippen LogP contribution in [0.15, 0.2) is 48.5 Å². The average Bonchev–Trinajstić information content (AvgIpc) is 3.38. The van der Waals surface area contributed by atoms with E-state index in [1.807, 2.05) is 43.0 Å². The lowest BCUT2D eigenvalue weighted by Crippen LogP contribution is -2.52. The predicted molar refractivity (Wildman–Crippen MR) is 160 cm³/mol. The van der Waals surface area contributed by atoms with E-state index in [4.69, 9.17) is 4.74 Å². The number of hydrogen-bond donors (Lipinski definition) is 4. The number of para-hydroxylation sites is 1. The SMILES string of the molecule is CC(C)C[C@@H]1NC(=O)C[C@@H](C(=O)NCc2cccc(CN3CCCC3=O)c2)NC(=O)c2ccccc2OCCCNC1=O. The number of benzene rings is 2. The number of rotatable bonds is 7. The molecule has 0 radical (unpaired) electrons. The van der Waals surface area contributed by atoms with Crippen LogP contribution in [-0.4, -0.2) is 66.2 Å².